The molecule has 3 heterocycles. The molecule has 3 aromatic heterocycles. The first-order chi connectivity index (χ1) is 17.0. The minimum Gasteiger partial charge on any atom is -0.373 e. The zero-order chi connectivity index (χ0) is 24.8. The summed E-state index contributed by atoms with van der Waals surface area (Å²) in [6, 6.07) is 11.3. The van der Waals surface area contributed by atoms with Crippen molar-refractivity contribution in [3.63, 3.8) is 0 Å². The normalized spacial score (nSPS) is 11.8. The van der Waals surface area contributed by atoms with Gasteiger partial charge < -0.3 is 15.5 Å². The number of benzene rings is 1. The van der Waals surface area contributed by atoms with Crippen LogP contribution in [-0.2, 0) is 17.8 Å². The SMILES string of the molecule is CCCn1nc(-c2ccnc(NC)c2)cc1NC(=O)[C@H](Cc1ccc(F)cc1)N(C)c1cscn1. The third-order valence-electron chi connectivity index (χ3n) is 5.67. The Hall–Kier alpha value is -3.79. The lowest BCUT2D eigenvalue weighted by Gasteiger charge is -2.27. The molecule has 2 N–H and O–H groups in total. The highest BCUT2D eigenvalue weighted by Gasteiger charge is 2.26. The van der Waals surface area contributed by atoms with E-state index < -0.39 is 6.04 Å². The van der Waals surface area contributed by atoms with Crippen LogP contribution in [-0.4, -0.2) is 45.8 Å². The van der Waals surface area contributed by atoms with Gasteiger partial charge in [-0.3, -0.25) is 4.79 Å². The highest BCUT2D eigenvalue weighted by molar-refractivity contribution is 7.07. The Labute approximate surface area is 207 Å². The van der Waals surface area contributed by atoms with Gasteiger partial charge in [0, 0.05) is 50.3 Å². The number of hydrogen-bond acceptors (Lipinski definition) is 7. The highest BCUT2D eigenvalue weighted by atomic mass is 32.1. The molecule has 0 bridgehead atoms. The number of halogens is 1. The fourth-order valence-corrected chi connectivity index (χ4v) is 4.34. The van der Waals surface area contributed by atoms with E-state index in [-0.39, 0.29) is 11.7 Å². The second kappa shape index (κ2) is 11.1. The Kier molecular flexibility index (Phi) is 7.71. The molecule has 4 aromatic rings. The number of rotatable bonds is 10. The average molecular weight is 494 g/mol. The van der Waals surface area contributed by atoms with Gasteiger partial charge in [-0.25, -0.2) is 19.0 Å². The molecule has 0 radical (unpaired) electrons. The third kappa shape index (κ3) is 5.83. The summed E-state index contributed by atoms with van der Waals surface area (Å²) in [6.45, 7) is 2.72. The number of thiazole rings is 1. The summed E-state index contributed by atoms with van der Waals surface area (Å²) < 4.78 is 15.3. The molecule has 0 fully saturated rings. The van der Waals surface area contributed by atoms with Gasteiger partial charge in [-0.1, -0.05) is 19.1 Å². The minimum atomic E-state index is -0.562. The van der Waals surface area contributed by atoms with Gasteiger partial charge >= 0.3 is 0 Å². The summed E-state index contributed by atoms with van der Waals surface area (Å²) in [5.41, 5.74) is 4.23. The fourth-order valence-electron chi connectivity index (χ4n) is 3.77. The van der Waals surface area contributed by atoms with Gasteiger partial charge in [-0.2, -0.15) is 5.10 Å². The number of carbonyl (C=O) groups excluding carboxylic acids is 1. The van der Waals surface area contributed by atoms with Gasteiger partial charge in [0.1, 0.15) is 29.3 Å². The van der Waals surface area contributed by atoms with Crippen LogP contribution in [0.2, 0.25) is 0 Å². The Morgan fingerprint density at radius 3 is 2.69 bits per heavy atom. The molecule has 10 heteroatoms. The molecule has 8 nitrogen and oxygen atoms in total. The molecule has 182 valence electrons. The van der Waals surface area contributed by atoms with Gasteiger partial charge in [-0.15, -0.1) is 11.3 Å². The van der Waals surface area contributed by atoms with Crippen LogP contribution in [0.5, 0.6) is 0 Å². The van der Waals surface area contributed by atoms with Crippen LogP contribution in [0.15, 0.2) is 59.6 Å². The van der Waals surface area contributed by atoms with E-state index in [9.17, 15) is 9.18 Å². The van der Waals surface area contributed by atoms with E-state index in [0.29, 0.717) is 24.6 Å². The van der Waals surface area contributed by atoms with E-state index in [1.807, 2.05) is 47.3 Å². The van der Waals surface area contributed by atoms with Gasteiger partial charge in [0.15, 0.2) is 0 Å². The number of nitrogens with zero attached hydrogens (tertiary/aromatic N) is 5. The molecular formula is C25H28FN7OS. The molecule has 4 rings (SSSR count). The molecule has 0 unspecified atom stereocenters. The smallest absolute Gasteiger partial charge is 0.248 e. The third-order valence-corrected chi connectivity index (χ3v) is 6.25. The molecule has 35 heavy (non-hydrogen) atoms. The number of nitrogens with one attached hydrogen (secondary N) is 2. The zero-order valence-electron chi connectivity index (χ0n) is 19.9. The molecule has 0 saturated carbocycles. The van der Waals surface area contributed by atoms with Crippen molar-refractivity contribution in [3.05, 3.63) is 70.9 Å². The summed E-state index contributed by atoms with van der Waals surface area (Å²) >= 11 is 1.46. The van der Waals surface area contributed by atoms with Crippen molar-refractivity contribution in [3.8, 4) is 11.3 Å². The largest absolute Gasteiger partial charge is 0.373 e. The average Bonchev–Trinajstić information content (AvgIpc) is 3.54. The predicted octanol–water partition coefficient (Wildman–Crippen LogP) is 4.68. The molecule has 1 atom stereocenters. The van der Waals surface area contributed by atoms with Crippen molar-refractivity contribution in [2.75, 3.05) is 29.6 Å². The predicted molar refractivity (Wildman–Crippen MR) is 138 cm³/mol. The molecule has 1 amide bonds. The van der Waals surface area contributed by atoms with E-state index in [1.54, 1.807) is 23.8 Å². The summed E-state index contributed by atoms with van der Waals surface area (Å²) in [5.74, 6) is 1.56. The maximum Gasteiger partial charge on any atom is 0.248 e. The lowest BCUT2D eigenvalue weighted by Crippen LogP contribution is -2.44. The number of aryl methyl sites for hydroxylation is 1. The standard InChI is InChI=1S/C25H28FN7OS/c1-4-11-33-23(14-20(31-33)18-9-10-28-22(13-18)27-2)30-25(34)21(32(3)24-15-35-16-29-24)12-17-5-7-19(26)8-6-17/h5-10,13-16,21H,4,11-12H2,1-3H3,(H,27,28)(H,30,34)/t21-/m0/s1. The molecule has 0 aliphatic rings. The number of carbonyl (C=O) groups is 1. The van der Waals surface area contributed by atoms with Gasteiger partial charge in [0.05, 0.1) is 11.2 Å². The van der Waals surface area contributed by atoms with E-state index in [1.165, 1.54) is 23.5 Å². The fraction of sp³-hybridized carbons (Fsp3) is 0.280. The van der Waals surface area contributed by atoms with Gasteiger partial charge in [-0.05, 0) is 36.2 Å². The minimum absolute atomic E-state index is 0.195. The van der Waals surface area contributed by atoms with E-state index in [0.717, 1.165) is 29.1 Å². The lowest BCUT2D eigenvalue weighted by atomic mass is 10.0. The van der Waals surface area contributed by atoms with E-state index >= 15 is 0 Å². The molecule has 0 aliphatic heterocycles. The Morgan fingerprint density at radius 2 is 2.00 bits per heavy atom. The van der Waals surface area contributed by atoms with Gasteiger partial charge in [0.25, 0.3) is 0 Å². The van der Waals surface area contributed by atoms with E-state index in [2.05, 4.69) is 27.5 Å². The summed E-state index contributed by atoms with van der Waals surface area (Å²) in [4.78, 5) is 24.1. The highest BCUT2D eigenvalue weighted by Crippen LogP contribution is 2.25. The van der Waals surface area contributed by atoms with Crippen LogP contribution in [0.25, 0.3) is 11.3 Å². The maximum absolute atomic E-state index is 13.6. The molecule has 0 aliphatic carbocycles. The first-order valence-corrected chi connectivity index (χ1v) is 12.3. The van der Waals surface area contributed by atoms with Crippen molar-refractivity contribution in [2.24, 2.45) is 0 Å². The van der Waals surface area contributed by atoms with E-state index in [4.69, 9.17) is 5.10 Å². The maximum atomic E-state index is 13.6. The number of amides is 1. The van der Waals surface area contributed by atoms with Crippen LogP contribution >= 0.6 is 11.3 Å². The summed E-state index contributed by atoms with van der Waals surface area (Å²) in [5, 5.41) is 12.7. The van der Waals surface area contributed by atoms with Crippen molar-refractivity contribution >= 4 is 34.7 Å². The first kappa shape index (κ1) is 24.3. The second-order valence-corrected chi connectivity index (χ2v) is 8.83. The molecule has 0 saturated heterocycles. The second-order valence-electron chi connectivity index (χ2n) is 8.11. The Bertz CT molecular complexity index is 1260. The van der Waals surface area contributed by atoms with Crippen molar-refractivity contribution in [2.45, 2.75) is 32.4 Å². The molecule has 1 aromatic carbocycles. The summed E-state index contributed by atoms with van der Waals surface area (Å²) in [6.07, 6.45) is 2.98. The molecular weight excluding hydrogens is 465 g/mol. The van der Waals surface area contributed by atoms with Crippen LogP contribution in [0, 0.1) is 5.82 Å². The summed E-state index contributed by atoms with van der Waals surface area (Å²) in [7, 11) is 3.65. The number of pyridine rings is 1. The topological polar surface area (TPSA) is 88.0 Å². The lowest BCUT2D eigenvalue weighted by molar-refractivity contribution is -0.117. The number of aromatic nitrogens is 4. The number of anilines is 3. The van der Waals surface area contributed by atoms with Crippen LogP contribution < -0.4 is 15.5 Å². The first-order valence-electron chi connectivity index (χ1n) is 11.4. The Balaban J connectivity index is 1.63. The monoisotopic (exact) mass is 493 g/mol. The van der Waals surface area contributed by atoms with Crippen LogP contribution in [0.3, 0.4) is 0 Å². The molecule has 0 spiro atoms. The van der Waals surface area contributed by atoms with Crippen molar-refractivity contribution < 1.29 is 9.18 Å². The zero-order valence-corrected chi connectivity index (χ0v) is 20.7. The van der Waals surface area contributed by atoms with Crippen LogP contribution in [0.4, 0.5) is 21.8 Å². The van der Waals surface area contributed by atoms with Gasteiger partial charge in [0.2, 0.25) is 5.91 Å². The number of likely N-dealkylation sites (N-methyl/N-ethyl adjacent to an activating group) is 1. The van der Waals surface area contributed by atoms with Crippen molar-refractivity contribution in [1.29, 1.82) is 0 Å². The van der Waals surface area contributed by atoms with Crippen LogP contribution in [0.1, 0.15) is 18.9 Å². The number of hydrogen-bond donors (Lipinski definition) is 2. The quantitative estimate of drug-likeness (QED) is 0.334. The Morgan fingerprint density at radius 1 is 1.20 bits per heavy atom. The van der Waals surface area contributed by atoms with Crippen molar-refractivity contribution in [1.82, 2.24) is 19.7 Å².